The molecule has 1 rings (SSSR count). The molecule has 0 heterocycles. The molecule has 2 nitrogen and oxygen atoms in total. The molecule has 0 aromatic carbocycles. The summed E-state index contributed by atoms with van der Waals surface area (Å²) in [4.78, 5) is 1.71. The monoisotopic (exact) mass is 220 g/mol. The van der Waals surface area contributed by atoms with Crippen molar-refractivity contribution in [3.8, 4) is 0 Å². The fourth-order valence-corrected chi connectivity index (χ4v) is 2.02. The Labute approximate surface area is 91.0 Å². The molecular formula is C11H22F2N2. The first-order chi connectivity index (χ1) is 7.09. The molecule has 90 valence electrons. The third-order valence-corrected chi connectivity index (χ3v) is 3.24. The van der Waals surface area contributed by atoms with Crippen LogP contribution in [0.15, 0.2) is 0 Å². The van der Waals surface area contributed by atoms with Crippen molar-refractivity contribution in [1.29, 1.82) is 0 Å². The Morgan fingerprint density at radius 2 is 1.93 bits per heavy atom. The maximum atomic E-state index is 12.1. The second kappa shape index (κ2) is 6.38. The molecule has 0 spiro atoms. The van der Waals surface area contributed by atoms with Crippen molar-refractivity contribution in [1.82, 2.24) is 10.2 Å². The number of halogens is 2. The third-order valence-electron chi connectivity index (χ3n) is 3.24. The van der Waals surface area contributed by atoms with Crippen molar-refractivity contribution >= 4 is 0 Å². The van der Waals surface area contributed by atoms with E-state index in [4.69, 9.17) is 0 Å². The lowest BCUT2D eigenvalue weighted by Crippen LogP contribution is -2.42. The zero-order valence-electron chi connectivity index (χ0n) is 9.68. The van der Waals surface area contributed by atoms with Gasteiger partial charge in [0.1, 0.15) is 0 Å². The molecule has 1 aliphatic carbocycles. The summed E-state index contributed by atoms with van der Waals surface area (Å²) < 4.78 is 24.2. The minimum absolute atomic E-state index is 0.131. The first kappa shape index (κ1) is 12.8. The Morgan fingerprint density at radius 3 is 2.47 bits per heavy atom. The number of hydrogen-bond acceptors (Lipinski definition) is 2. The number of nitrogens with zero attached hydrogens (tertiary/aromatic N) is 1. The highest BCUT2D eigenvalue weighted by Crippen LogP contribution is 2.17. The summed E-state index contributed by atoms with van der Waals surface area (Å²) in [7, 11) is 1.76. The van der Waals surface area contributed by atoms with Gasteiger partial charge in [-0.1, -0.05) is 12.8 Å². The summed E-state index contributed by atoms with van der Waals surface area (Å²) >= 11 is 0. The molecular weight excluding hydrogens is 198 g/mol. The van der Waals surface area contributed by atoms with Crippen molar-refractivity contribution in [3.63, 3.8) is 0 Å². The highest BCUT2D eigenvalue weighted by molar-refractivity contribution is 4.76. The molecule has 0 bridgehead atoms. The summed E-state index contributed by atoms with van der Waals surface area (Å²) in [6.45, 7) is 2.67. The lowest BCUT2D eigenvalue weighted by molar-refractivity contribution is 0.0835. The van der Waals surface area contributed by atoms with Gasteiger partial charge in [-0.3, -0.25) is 4.90 Å². The third kappa shape index (κ3) is 4.89. The predicted molar refractivity (Wildman–Crippen MR) is 58.4 cm³/mol. The van der Waals surface area contributed by atoms with Crippen LogP contribution in [0.3, 0.4) is 0 Å². The average Bonchev–Trinajstić information content (AvgIpc) is 2.65. The van der Waals surface area contributed by atoms with Crippen LogP contribution in [-0.4, -0.2) is 43.5 Å². The molecule has 0 amide bonds. The van der Waals surface area contributed by atoms with Crippen molar-refractivity contribution in [2.45, 2.75) is 51.1 Å². The van der Waals surface area contributed by atoms with E-state index < -0.39 is 6.43 Å². The minimum Gasteiger partial charge on any atom is -0.312 e. The van der Waals surface area contributed by atoms with Crippen LogP contribution in [0.25, 0.3) is 0 Å². The maximum Gasteiger partial charge on any atom is 0.251 e. The van der Waals surface area contributed by atoms with E-state index in [1.54, 1.807) is 11.9 Å². The molecule has 1 saturated carbocycles. The molecule has 1 unspecified atom stereocenters. The predicted octanol–water partition coefficient (Wildman–Crippen LogP) is 2.10. The van der Waals surface area contributed by atoms with E-state index in [2.05, 4.69) is 5.32 Å². The van der Waals surface area contributed by atoms with E-state index in [1.807, 2.05) is 6.92 Å². The number of alkyl halides is 2. The fraction of sp³-hybridized carbons (Fsp3) is 1.00. The van der Waals surface area contributed by atoms with Gasteiger partial charge in [-0.2, -0.15) is 0 Å². The molecule has 4 heteroatoms. The molecule has 0 aliphatic heterocycles. The average molecular weight is 220 g/mol. The summed E-state index contributed by atoms with van der Waals surface area (Å²) in [6.07, 6.45) is 2.86. The Balaban J connectivity index is 2.13. The van der Waals surface area contributed by atoms with E-state index in [-0.39, 0.29) is 12.6 Å². The van der Waals surface area contributed by atoms with Crippen LogP contribution < -0.4 is 5.32 Å². The van der Waals surface area contributed by atoms with E-state index in [9.17, 15) is 8.78 Å². The first-order valence-electron chi connectivity index (χ1n) is 5.81. The Hall–Kier alpha value is -0.220. The highest BCUT2D eigenvalue weighted by Gasteiger charge is 2.17. The van der Waals surface area contributed by atoms with Gasteiger partial charge in [-0.25, -0.2) is 8.78 Å². The molecule has 0 saturated heterocycles. The zero-order valence-corrected chi connectivity index (χ0v) is 9.68. The molecule has 1 N–H and O–H groups in total. The highest BCUT2D eigenvalue weighted by atomic mass is 19.3. The van der Waals surface area contributed by atoms with Crippen LogP contribution in [-0.2, 0) is 0 Å². The lowest BCUT2D eigenvalue weighted by atomic mass is 10.2. The van der Waals surface area contributed by atoms with Gasteiger partial charge in [0, 0.05) is 18.6 Å². The minimum atomic E-state index is -2.23. The zero-order chi connectivity index (χ0) is 11.3. The second-order valence-corrected chi connectivity index (χ2v) is 4.57. The fourth-order valence-electron chi connectivity index (χ4n) is 2.02. The molecule has 15 heavy (non-hydrogen) atoms. The van der Waals surface area contributed by atoms with Crippen LogP contribution in [0, 0.1) is 0 Å². The van der Waals surface area contributed by atoms with Gasteiger partial charge in [-0.15, -0.1) is 0 Å². The molecule has 0 radical (unpaired) electrons. The SMILES string of the molecule is CC(CNC1CCCC1)N(C)CC(F)F. The number of rotatable bonds is 6. The van der Waals surface area contributed by atoms with Gasteiger partial charge in [0.2, 0.25) is 0 Å². The van der Waals surface area contributed by atoms with Gasteiger partial charge in [-0.05, 0) is 26.8 Å². The largest absolute Gasteiger partial charge is 0.312 e. The second-order valence-electron chi connectivity index (χ2n) is 4.57. The van der Waals surface area contributed by atoms with Crippen LogP contribution in [0.1, 0.15) is 32.6 Å². The topological polar surface area (TPSA) is 15.3 Å². The Morgan fingerprint density at radius 1 is 1.33 bits per heavy atom. The van der Waals surface area contributed by atoms with Gasteiger partial charge in [0.05, 0.1) is 6.54 Å². The van der Waals surface area contributed by atoms with Crippen LogP contribution >= 0.6 is 0 Å². The van der Waals surface area contributed by atoms with E-state index in [0.717, 1.165) is 6.54 Å². The van der Waals surface area contributed by atoms with E-state index >= 15 is 0 Å². The summed E-state index contributed by atoms with van der Waals surface area (Å²) in [5.41, 5.74) is 0. The van der Waals surface area contributed by atoms with Gasteiger partial charge in [0.25, 0.3) is 6.43 Å². The molecule has 0 aromatic rings. The normalized spacial score (nSPS) is 20.4. The van der Waals surface area contributed by atoms with Crippen LogP contribution in [0.5, 0.6) is 0 Å². The van der Waals surface area contributed by atoms with Gasteiger partial charge in [0.15, 0.2) is 0 Å². The maximum absolute atomic E-state index is 12.1. The lowest BCUT2D eigenvalue weighted by Gasteiger charge is -2.26. The standard InChI is InChI=1S/C11H22F2N2/c1-9(15(2)8-11(12)13)7-14-10-5-3-4-6-10/h9-11,14H,3-8H2,1-2H3. The number of hydrogen-bond donors (Lipinski definition) is 1. The van der Waals surface area contributed by atoms with Crippen molar-refractivity contribution < 1.29 is 8.78 Å². The summed E-state index contributed by atoms with van der Waals surface area (Å²) in [5, 5.41) is 3.45. The van der Waals surface area contributed by atoms with Crippen molar-refractivity contribution in [2.24, 2.45) is 0 Å². The van der Waals surface area contributed by atoms with Crippen molar-refractivity contribution in [2.75, 3.05) is 20.1 Å². The van der Waals surface area contributed by atoms with Crippen molar-refractivity contribution in [3.05, 3.63) is 0 Å². The first-order valence-corrected chi connectivity index (χ1v) is 5.81. The van der Waals surface area contributed by atoms with E-state index in [1.165, 1.54) is 25.7 Å². The van der Waals surface area contributed by atoms with Gasteiger partial charge < -0.3 is 5.32 Å². The molecule has 1 atom stereocenters. The Bertz CT molecular complexity index is 170. The smallest absolute Gasteiger partial charge is 0.251 e. The van der Waals surface area contributed by atoms with Gasteiger partial charge >= 0.3 is 0 Å². The quantitative estimate of drug-likeness (QED) is 0.737. The molecule has 1 fully saturated rings. The van der Waals surface area contributed by atoms with E-state index in [0.29, 0.717) is 6.04 Å². The van der Waals surface area contributed by atoms with Crippen LogP contribution in [0.4, 0.5) is 8.78 Å². The molecule has 0 aromatic heterocycles. The number of nitrogens with one attached hydrogen (secondary N) is 1. The summed E-state index contributed by atoms with van der Waals surface area (Å²) in [5.74, 6) is 0. The Kier molecular flexibility index (Phi) is 5.47. The molecule has 1 aliphatic rings. The van der Waals surface area contributed by atoms with Crippen LogP contribution in [0.2, 0.25) is 0 Å². The number of likely N-dealkylation sites (N-methyl/N-ethyl adjacent to an activating group) is 1. The summed E-state index contributed by atoms with van der Waals surface area (Å²) in [6, 6.07) is 0.798.